The van der Waals surface area contributed by atoms with Gasteiger partial charge < -0.3 is 4.90 Å². The van der Waals surface area contributed by atoms with Gasteiger partial charge in [-0.25, -0.2) is 0 Å². The first-order valence-electron chi connectivity index (χ1n) is 12.3. The molecule has 28 heavy (non-hydrogen) atoms. The monoisotopic (exact) mass is 382 g/mol. The third-order valence-corrected chi connectivity index (χ3v) is 7.57. The zero-order chi connectivity index (χ0) is 19.0. The average molecular weight is 383 g/mol. The molecule has 0 aromatic heterocycles. The Bertz CT molecular complexity index is 561. The summed E-state index contributed by atoms with van der Waals surface area (Å²) in [4.78, 5) is 5.61. The Hall–Kier alpha value is -0.860. The van der Waals surface area contributed by atoms with Gasteiger partial charge in [0.2, 0.25) is 0 Å². The molecule has 5 heterocycles. The van der Waals surface area contributed by atoms with Gasteiger partial charge in [0.15, 0.2) is 0 Å². The van der Waals surface area contributed by atoms with Gasteiger partial charge in [0, 0.05) is 19.6 Å². The van der Waals surface area contributed by atoms with Gasteiger partial charge in [0.05, 0.1) is 0 Å². The Kier molecular flexibility index (Phi) is 7.86. The Balaban J connectivity index is 1.57. The highest BCUT2D eigenvalue weighted by atomic mass is 15.1. The van der Waals surface area contributed by atoms with Crippen molar-refractivity contribution in [3.8, 4) is 0 Å². The van der Waals surface area contributed by atoms with Crippen LogP contribution in [-0.2, 0) is 0 Å². The van der Waals surface area contributed by atoms with Gasteiger partial charge >= 0.3 is 0 Å². The van der Waals surface area contributed by atoms with Crippen molar-refractivity contribution < 1.29 is 0 Å². The molecule has 5 aliphatic rings. The normalized spacial score (nSPS) is 40.3. The fourth-order valence-corrected chi connectivity index (χ4v) is 6.03. The molecule has 0 aliphatic carbocycles. The summed E-state index contributed by atoms with van der Waals surface area (Å²) in [7, 11) is 0. The Morgan fingerprint density at radius 3 is 2.18 bits per heavy atom. The number of nitrogens with zero attached hydrogens (tertiary/aromatic N) is 2. The first-order valence-corrected chi connectivity index (χ1v) is 12.3. The van der Waals surface area contributed by atoms with Crippen molar-refractivity contribution in [1.82, 2.24) is 9.80 Å². The molecule has 5 rings (SSSR count). The summed E-state index contributed by atoms with van der Waals surface area (Å²) in [6.45, 7) is 7.87. The maximum absolute atomic E-state index is 2.81. The fraction of sp³-hybridized carbons (Fsp3) is 0.769. The first kappa shape index (κ1) is 20.4. The van der Waals surface area contributed by atoms with E-state index in [9.17, 15) is 0 Å². The molecule has 0 aromatic rings. The number of rotatable bonds is 0. The van der Waals surface area contributed by atoms with Gasteiger partial charge in [-0.3, -0.25) is 4.90 Å². The summed E-state index contributed by atoms with van der Waals surface area (Å²) in [5.74, 6) is 2.49. The van der Waals surface area contributed by atoms with E-state index in [0.29, 0.717) is 0 Å². The predicted octanol–water partition coefficient (Wildman–Crippen LogP) is 5.82. The largest absolute Gasteiger partial charge is 0.303 e. The van der Waals surface area contributed by atoms with E-state index in [4.69, 9.17) is 0 Å². The maximum atomic E-state index is 2.81. The van der Waals surface area contributed by atoms with E-state index in [1.54, 1.807) is 0 Å². The molecule has 5 aliphatic heterocycles. The third-order valence-electron chi connectivity index (χ3n) is 7.57. The van der Waals surface area contributed by atoms with Gasteiger partial charge in [0.25, 0.3) is 0 Å². The fourth-order valence-electron chi connectivity index (χ4n) is 6.03. The molecular weight excluding hydrogens is 340 g/mol. The van der Waals surface area contributed by atoms with Crippen LogP contribution in [0, 0.1) is 17.8 Å². The molecule has 1 saturated heterocycles. The number of hydrogen-bond donors (Lipinski definition) is 0. The predicted molar refractivity (Wildman–Crippen MR) is 121 cm³/mol. The zero-order valence-corrected chi connectivity index (χ0v) is 18.0. The smallest absolute Gasteiger partial charge is 0.0196 e. The SMILES string of the molecule is C1=C2CN3CCCC/C=C\CCC4CN(CCCC/C=C\CCC1C3)CC[C@H]24. The second kappa shape index (κ2) is 10.8. The van der Waals surface area contributed by atoms with Crippen LogP contribution >= 0.6 is 0 Å². The van der Waals surface area contributed by atoms with Crippen molar-refractivity contribution in [2.45, 2.75) is 70.6 Å². The van der Waals surface area contributed by atoms with Crippen molar-refractivity contribution in [2.24, 2.45) is 17.8 Å². The molecule has 4 unspecified atom stereocenters. The number of piperidine rings is 1. The minimum atomic E-state index is 0.778. The molecule has 2 nitrogen and oxygen atoms in total. The highest BCUT2D eigenvalue weighted by Crippen LogP contribution is 2.37. The highest BCUT2D eigenvalue weighted by molar-refractivity contribution is 5.17. The Morgan fingerprint density at radius 2 is 1.36 bits per heavy atom. The molecule has 0 N–H and O–H groups in total. The van der Waals surface area contributed by atoms with E-state index >= 15 is 0 Å². The van der Waals surface area contributed by atoms with Crippen molar-refractivity contribution in [2.75, 3.05) is 39.3 Å². The minimum Gasteiger partial charge on any atom is -0.303 e. The van der Waals surface area contributed by atoms with Crippen LogP contribution in [0.3, 0.4) is 0 Å². The molecule has 5 atom stereocenters. The van der Waals surface area contributed by atoms with Crippen LogP contribution in [0.25, 0.3) is 0 Å². The van der Waals surface area contributed by atoms with Crippen LogP contribution in [0.4, 0.5) is 0 Å². The van der Waals surface area contributed by atoms with Crippen molar-refractivity contribution in [3.63, 3.8) is 0 Å². The van der Waals surface area contributed by atoms with Gasteiger partial charge in [-0.15, -0.1) is 0 Å². The molecule has 156 valence electrons. The summed E-state index contributed by atoms with van der Waals surface area (Å²) in [5, 5.41) is 0. The summed E-state index contributed by atoms with van der Waals surface area (Å²) < 4.78 is 0. The van der Waals surface area contributed by atoms with Gasteiger partial charge in [-0.05, 0) is 108 Å². The zero-order valence-electron chi connectivity index (χ0n) is 18.0. The molecule has 2 heteroatoms. The Labute approximate surface area is 173 Å². The number of allylic oxidation sites excluding steroid dienone is 4. The average Bonchev–Trinajstić information content (AvgIpc) is 2.71. The highest BCUT2D eigenvalue weighted by Gasteiger charge is 2.33. The summed E-state index contributed by atoms with van der Waals surface area (Å²) in [6.07, 6.45) is 27.4. The molecule has 6 bridgehead atoms. The molecule has 0 radical (unpaired) electrons. The summed E-state index contributed by atoms with van der Waals surface area (Å²) in [5.41, 5.74) is 1.82. The van der Waals surface area contributed by atoms with E-state index in [0.717, 1.165) is 17.8 Å². The van der Waals surface area contributed by atoms with E-state index in [-0.39, 0.29) is 0 Å². The first-order chi connectivity index (χ1) is 13.9. The van der Waals surface area contributed by atoms with E-state index in [1.165, 1.54) is 110 Å². The van der Waals surface area contributed by atoms with E-state index < -0.39 is 0 Å². The summed E-state index contributed by atoms with van der Waals surface area (Å²) in [6, 6.07) is 0. The summed E-state index contributed by atoms with van der Waals surface area (Å²) >= 11 is 0. The third kappa shape index (κ3) is 5.83. The van der Waals surface area contributed by atoms with Crippen LogP contribution in [0.2, 0.25) is 0 Å². The molecule has 1 fully saturated rings. The van der Waals surface area contributed by atoms with Crippen molar-refractivity contribution in [1.29, 1.82) is 0 Å². The van der Waals surface area contributed by atoms with Crippen LogP contribution < -0.4 is 0 Å². The van der Waals surface area contributed by atoms with Crippen LogP contribution in [0.15, 0.2) is 36.0 Å². The second-order valence-corrected chi connectivity index (χ2v) is 9.78. The molecule has 0 aromatic carbocycles. The lowest BCUT2D eigenvalue weighted by molar-refractivity contribution is 0.118. The second-order valence-electron chi connectivity index (χ2n) is 9.78. The molecule has 0 amide bonds. The van der Waals surface area contributed by atoms with Crippen LogP contribution in [0.5, 0.6) is 0 Å². The maximum Gasteiger partial charge on any atom is 0.0196 e. The number of hydrogen-bond acceptors (Lipinski definition) is 2. The molecule has 0 spiro atoms. The van der Waals surface area contributed by atoms with Crippen molar-refractivity contribution >= 4 is 0 Å². The van der Waals surface area contributed by atoms with Crippen LogP contribution in [-0.4, -0.2) is 49.1 Å². The van der Waals surface area contributed by atoms with E-state index in [2.05, 4.69) is 40.2 Å². The van der Waals surface area contributed by atoms with Gasteiger partial charge in [-0.2, -0.15) is 0 Å². The lowest BCUT2D eigenvalue weighted by atomic mass is 9.75. The van der Waals surface area contributed by atoms with E-state index in [1.807, 2.05) is 5.57 Å². The molecular formula is C26H42N2. The quantitative estimate of drug-likeness (QED) is 0.487. The van der Waals surface area contributed by atoms with Gasteiger partial charge in [0.1, 0.15) is 0 Å². The standard InChI is InChI=1S/C26H42N2/c1-3-7-11-16-27-18-15-26-24(21-27)14-10-6-2-4-8-12-17-28-20-23(13-9-5-1)19-25(26)22-28/h1-2,5-6,19,23-24,26H,3-4,7-18,20-22H2/b5-1-,6-2-/t23?,24?,26-/m0/s1. The lowest BCUT2D eigenvalue weighted by Crippen LogP contribution is -2.45. The van der Waals surface area contributed by atoms with Gasteiger partial charge in [-0.1, -0.05) is 36.0 Å². The van der Waals surface area contributed by atoms with Crippen LogP contribution in [0.1, 0.15) is 70.6 Å². The topological polar surface area (TPSA) is 6.48 Å². The van der Waals surface area contributed by atoms with Crippen molar-refractivity contribution in [3.05, 3.63) is 36.0 Å². The lowest BCUT2D eigenvalue weighted by Gasteiger charge is -2.43. The Morgan fingerprint density at radius 1 is 0.643 bits per heavy atom. The number of fused-ring (bicyclic) bond motifs is 8. The molecule has 0 saturated carbocycles. The minimum absolute atomic E-state index is 0.778.